The molecule has 5 nitrogen and oxygen atoms in total. The molecule has 0 aromatic rings. The molecule has 0 aliphatic heterocycles. The molecule has 0 aliphatic rings. The zero-order valence-electron chi connectivity index (χ0n) is 10.8. The van der Waals surface area contributed by atoms with E-state index in [2.05, 4.69) is 0 Å². The molecule has 0 fully saturated rings. The summed E-state index contributed by atoms with van der Waals surface area (Å²) in [5.41, 5.74) is 0. The number of unbranched alkanes of at least 4 members (excludes halogenated alkanes) is 5. The molecule has 17 heavy (non-hydrogen) atoms. The van der Waals surface area contributed by atoms with Crippen molar-refractivity contribution in [2.75, 3.05) is 14.1 Å². The number of hydrogen-bond donors (Lipinski definition) is 1. The Bertz CT molecular complexity index is 229. The number of carboxylic acid groups (broad SMARTS) is 1. The van der Waals surface area contributed by atoms with Crippen LogP contribution in [0.4, 0.5) is 0 Å². The summed E-state index contributed by atoms with van der Waals surface area (Å²) < 4.78 is 0. The van der Waals surface area contributed by atoms with Gasteiger partial charge in [-0.05, 0) is 12.8 Å². The van der Waals surface area contributed by atoms with E-state index in [-0.39, 0.29) is 12.4 Å². The number of nitrogens with zero attached hydrogens (tertiary/aromatic N) is 1. The van der Waals surface area contributed by atoms with Crippen LogP contribution in [0.15, 0.2) is 0 Å². The fourth-order valence-electron chi connectivity index (χ4n) is 1.50. The Morgan fingerprint density at radius 3 is 1.88 bits per heavy atom. The van der Waals surface area contributed by atoms with E-state index < -0.39 is 5.97 Å². The van der Waals surface area contributed by atoms with Gasteiger partial charge in [0.25, 0.3) is 0 Å². The van der Waals surface area contributed by atoms with Gasteiger partial charge in [-0.3, -0.25) is 9.59 Å². The fourth-order valence-corrected chi connectivity index (χ4v) is 1.50. The summed E-state index contributed by atoms with van der Waals surface area (Å²) in [7, 11) is 3.36. The second kappa shape index (κ2) is 10.1. The standard InChI is InChI=1S/C12H23NO4/c1-13(2)17-12(16)10-8-6-4-3-5-7-9-11(14)15/h3-10H2,1-2H3,(H,14,15). The lowest BCUT2D eigenvalue weighted by Gasteiger charge is -2.09. The highest BCUT2D eigenvalue weighted by molar-refractivity contribution is 5.68. The predicted octanol–water partition coefficient (Wildman–Crippen LogP) is 2.21. The summed E-state index contributed by atoms with van der Waals surface area (Å²) in [5.74, 6) is -0.919. The van der Waals surface area contributed by atoms with Crippen LogP contribution in [0.1, 0.15) is 51.4 Å². The third-order valence-corrected chi connectivity index (χ3v) is 2.31. The first-order valence-electron chi connectivity index (χ1n) is 6.12. The molecule has 0 bridgehead atoms. The molecule has 0 heterocycles. The van der Waals surface area contributed by atoms with Gasteiger partial charge >= 0.3 is 11.9 Å². The Morgan fingerprint density at radius 1 is 0.941 bits per heavy atom. The monoisotopic (exact) mass is 245 g/mol. The Hall–Kier alpha value is -1.10. The summed E-state index contributed by atoms with van der Waals surface area (Å²) in [6, 6.07) is 0. The van der Waals surface area contributed by atoms with Crippen LogP contribution in [-0.4, -0.2) is 36.2 Å². The lowest BCUT2D eigenvalue weighted by atomic mass is 10.1. The van der Waals surface area contributed by atoms with Gasteiger partial charge in [0.2, 0.25) is 0 Å². The van der Waals surface area contributed by atoms with Crippen molar-refractivity contribution in [3.63, 3.8) is 0 Å². The van der Waals surface area contributed by atoms with Crippen LogP contribution in [0, 0.1) is 0 Å². The number of carboxylic acids is 1. The molecule has 0 radical (unpaired) electrons. The van der Waals surface area contributed by atoms with Gasteiger partial charge in [0, 0.05) is 26.9 Å². The number of hydroxylamine groups is 2. The smallest absolute Gasteiger partial charge is 0.325 e. The predicted molar refractivity (Wildman–Crippen MR) is 64.4 cm³/mol. The van der Waals surface area contributed by atoms with Crippen LogP contribution in [0.5, 0.6) is 0 Å². The molecule has 0 spiro atoms. The third-order valence-electron chi connectivity index (χ3n) is 2.31. The maximum atomic E-state index is 11.1. The zero-order valence-corrected chi connectivity index (χ0v) is 10.8. The molecule has 0 unspecified atom stereocenters. The van der Waals surface area contributed by atoms with Crippen LogP contribution < -0.4 is 0 Å². The largest absolute Gasteiger partial charge is 0.481 e. The molecule has 0 aromatic heterocycles. The van der Waals surface area contributed by atoms with E-state index in [0.717, 1.165) is 38.5 Å². The molecule has 5 heteroatoms. The Labute approximate surface area is 103 Å². The normalized spacial score (nSPS) is 10.5. The molecule has 0 aromatic carbocycles. The number of rotatable bonds is 10. The van der Waals surface area contributed by atoms with Crippen molar-refractivity contribution in [2.45, 2.75) is 51.4 Å². The maximum Gasteiger partial charge on any atom is 0.325 e. The van der Waals surface area contributed by atoms with Crippen molar-refractivity contribution in [3.05, 3.63) is 0 Å². The molecular formula is C12H23NO4. The summed E-state index contributed by atoms with van der Waals surface area (Å²) in [6.45, 7) is 0. The lowest BCUT2D eigenvalue weighted by Crippen LogP contribution is -2.18. The summed E-state index contributed by atoms with van der Waals surface area (Å²) in [5, 5.41) is 9.83. The first-order valence-corrected chi connectivity index (χ1v) is 6.12. The quantitative estimate of drug-likeness (QED) is 0.472. The molecular weight excluding hydrogens is 222 g/mol. The molecule has 0 amide bonds. The minimum Gasteiger partial charge on any atom is -0.481 e. The lowest BCUT2D eigenvalue weighted by molar-refractivity contribution is -0.178. The van der Waals surface area contributed by atoms with Crippen molar-refractivity contribution >= 4 is 11.9 Å². The van der Waals surface area contributed by atoms with Crippen LogP contribution >= 0.6 is 0 Å². The van der Waals surface area contributed by atoms with Crippen molar-refractivity contribution in [1.82, 2.24) is 5.06 Å². The Kier molecular flexibility index (Phi) is 9.43. The zero-order chi connectivity index (χ0) is 13.1. The minimum absolute atomic E-state index is 0.194. The molecule has 0 aliphatic carbocycles. The number of carbonyl (C=O) groups excluding carboxylic acids is 1. The van der Waals surface area contributed by atoms with Crippen molar-refractivity contribution in [2.24, 2.45) is 0 Å². The Balaban J connectivity index is 3.18. The molecule has 0 saturated heterocycles. The van der Waals surface area contributed by atoms with E-state index in [0.29, 0.717) is 6.42 Å². The highest BCUT2D eigenvalue weighted by atomic mass is 16.7. The van der Waals surface area contributed by atoms with E-state index in [1.165, 1.54) is 5.06 Å². The molecule has 100 valence electrons. The van der Waals surface area contributed by atoms with E-state index in [9.17, 15) is 9.59 Å². The summed E-state index contributed by atoms with van der Waals surface area (Å²) in [4.78, 5) is 26.2. The number of carbonyl (C=O) groups is 2. The van der Waals surface area contributed by atoms with Gasteiger partial charge in [0.15, 0.2) is 0 Å². The Morgan fingerprint density at radius 2 is 1.41 bits per heavy atom. The van der Waals surface area contributed by atoms with Crippen LogP contribution in [0.2, 0.25) is 0 Å². The van der Waals surface area contributed by atoms with E-state index in [4.69, 9.17) is 9.94 Å². The first-order chi connectivity index (χ1) is 8.02. The van der Waals surface area contributed by atoms with Crippen LogP contribution in [0.25, 0.3) is 0 Å². The van der Waals surface area contributed by atoms with Gasteiger partial charge in [-0.1, -0.05) is 25.7 Å². The van der Waals surface area contributed by atoms with Gasteiger partial charge in [0.1, 0.15) is 0 Å². The second-order valence-corrected chi connectivity index (χ2v) is 4.29. The summed E-state index contributed by atoms with van der Waals surface area (Å²) >= 11 is 0. The molecule has 1 N–H and O–H groups in total. The number of aliphatic carboxylic acids is 1. The molecule has 0 rings (SSSR count). The van der Waals surface area contributed by atoms with Crippen molar-refractivity contribution in [3.8, 4) is 0 Å². The van der Waals surface area contributed by atoms with E-state index in [1.807, 2.05) is 0 Å². The average molecular weight is 245 g/mol. The van der Waals surface area contributed by atoms with Crippen molar-refractivity contribution in [1.29, 1.82) is 0 Å². The topological polar surface area (TPSA) is 66.8 Å². The molecule has 0 atom stereocenters. The number of hydrogen-bond acceptors (Lipinski definition) is 4. The SMILES string of the molecule is CN(C)OC(=O)CCCCCCCCC(=O)O. The van der Waals surface area contributed by atoms with E-state index >= 15 is 0 Å². The molecule has 0 saturated carbocycles. The fraction of sp³-hybridized carbons (Fsp3) is 0.833. The van der Waals surface area contributed by atoms with Crippen LogP contribution in [-0.2, 0) is 14.4 Å². The summed E-state index contributed by atoms with van der Waals surface area (Å²) in [6.07, 6.45) is 6.33. The van der Waals surface area contributed by atoms with Gasteiger partial charge < -0.3 is 9.94 Å². The second-order valence-electron chi connectivity index (χ2n) is 4.29. The highest BCUT2D eigenvalue weighted by Gasteiger charge is 2.03. The van der Waals surface area contributed by atoms with Gasteiger partial charge in [-0.2, -0.15) is 0 Å². The highest BCUT2D eigenvalue weighted by Crippen LogP contribution is 2.09. The maximum absolute atomic E-state index is 11.1. The first kappa shape index (κ1) is 15.9. The van der Waals surface area contributed by atoms with Gasteiger partial charge in [0.05, 0.1) is 0 Å². The van der Waals surface area contributed by atoms with Gasteiger partial charge in [-0.15, -0.1) is 5.06 Å². The van der Waals surface area contributed by atoms with Crippen molar-refractivity contribution < 1.29 is 19.5 Å². The minimum atomic E-state index is -0.726. The third kappa shape index (κ3) is 12.8. The average Bonchev–Trinajstić information content (AvgIpc) is 2.20. The van der Waals surface area contributed by atoms with Crippen LogP contribution in [0.3, 0.4) is 0 Å². The van der Waals surface area contributed by atoms with E-state index in [1.54, 1.807) is 14.1 Å². The van der Waals surface area contributed by atoms with Gasteiger partial charge in [-0.25, -0.2) is 0 Å².